The molecule has 0 atom stereocenters. The molecule has 0 aromatic heterocycles. The average molecular weight is 403 g/mol. The Morgan fingerprint density at radius 3 is 1.86 bits per heavy atom. The van der Waals surface area contributed by atoms with Crippen molar-refractivity contribution in [3.8, 4) is 0 Å². The maximum Gasteiger partial charge on any atom is 0.328 e. The number of carboxylic acid groups (broad SMARTS) is 1. The van der Waals surface area contributed by atoms with Crippen LogP contribution in [-0.2, 0) is 4.79 Å². The Morgan fingerprint density at radius 2 is 1.31 bits per heavy atom. The summed E-state index contributed by atoms with van der Waals surface area (Å²) >= 11 is 0. The van der Waals surface area contributed by atoms with Crippen LogP contribution < -0.4 is 0 Å². The molecule has 0 amide bonds. The van der Waals surface area contributed by atoms with E-state index in [-0.39, 0.29) is 0 Å². The van der Waals surface area contributed by atoms with Crippen molar-refractivity contribution in [1.82, 2.24) is 0 Å². The van der Waals surface area contributed by atoms with Crippen molar-refractivity contribution in [2.75, 3.05) is 0 Å². The van der Waals surface area contributed by atoms with Crippen LogP contribution in [0.2, 0.25) is 0 Å². The largest absolute Gasteiger partial charge is 0.478 e. The molecule has 0 bridgehead atoms. The third kappa shape index (κ3) is 10.5. The molecule has 0 unspecified atom stereocenters. The van der Waals surface area contributed by atoms with Gasteiger partial charge in [-0.25, -0.2) is 4.79 Å². The van der Waals surface area contributed by atoms with Crippen molar-refractivity contribution in [2.24, 2.45) is 23.7 Å². The molecule has 2 heteroatoms. The molecular weight excluding hydrogens is 356 g/mol. The Bertz CT molecular complexity index is 477. The number of hydrogen-bond donors (Lipinski definition) is 1. The average Bonchev–Trinajstić information content (AvgIpc) is 2.74. The van der Waals surface area contributed by atoms with E-state index in [1.165, 1.54) is 109 Å². The highest BCUT2D eigenvalue weighted by Crippen LogP contribution is 2.43. The summed E-state index contributed by atoms with van der Waals surface area (Å²) in [5.41, 5.74) is 0. The van der Waals surface area contributed by atoms with Gasteiger partial charge in [0.25, 0.3) is 0 Å². The van der Waals surface area contributed by atoms with Crippen LogP contribution in [0.15, 0.2) is 24.3 Å². The smallest absolute Gasteiger partial charge is 0.328 e. The van der Waals surface area contributed by atoms with E-state index in [9.17, 15) is 4.79 Å². The number of aliphatic carboxylic acids is 1. The molecule has 29 heavy (non-hydrogen) atoms. The quantitative estimate of drug-likeness (QED) is 0.191. The standard InChI is InChI=1S/C27H46O2/c1-2-3-4-6-9-12-23-15-19-25(20-16-23)26-21-17-24(18-22-26)13-10-7-5-8-11-14-27(28)29/h5,8,11,14,23-26H,2-4,6-7,9-10,12-13,15-22H2,1H3,(H,28,29)/b8-5+,14-11+. The van der Waals surface area contributed by atoms with Crippen LogP contribution in [0.4, 0.5) is 0 Å². The molecule has 2 saturated carbocycles. The van der Waals surface area contributed by atoms with Crippen LogP contribution in [0.5, 0.6) is 0 Å². The minimum atomic E-state index is -0.873. The van der Waals surface area contributed by atoms with Crippen molar-refractivity contribution in [3.05, 3.63) is 24.3 Å². The third-order valence-corrected chi connectivity index (χ3v) is 7.63. The first kappa shape index (κ1) is 24.2. The zero-order valence-electron chi connectivity index (χ0n) is 19.0. The van der Waals surface area contributed by atoms with Gasteiger partial charge < -0.3 is 5.11 Å². The highest BCUT2D eigenvalue weighted by molar-refractivity contribution is 5.80. The summed E-state index contributed by atoms with van der Waals surface area (Å²) in [6.07, 6.45) is 31.1. The van der Waals surface area contributed by atoms with Crippen LogP contribution >= 0.6 is 0 Å². The van der Waals surface area contributed by atoms with Gasteiger partial charge in [0.15, 0.2) is 0 Å². The number of hydrogen-bond acceptors (Lipinski definition) is 1. The molecule has 2 fully saturated rings. The first-order valence-electron chi connectivity index (χ1n) is 12.7. The van der Waals surface area contributed by atoms with Gasteiger partial charge in [0, 0.05) is 6.08 Å². The summed E-state index contributed by atoms with van der Waals surface area (Å²) in [6, 6.07) is 0. The van der Waals surface area contributed by atoms with E-state index in [4.69, 9.17) is 5.11 Å². The van der Waals surface area contributed by atoms with Gasteiger partial charge in [-0.1, -0.05) is 95.8 Å². The number of allylic oxidation sites excluding steroid dienone is 3. The Morgan fingerprint density at radius 1 is 0.759 bits per heavy atom. The van der Waals surface area contributed by atoms with Gasteiger partial charge in [-0.05, 0) is 62.2 Å². The lowest BCUT2D eigenvalue weighted by molar-refractivity contribution is -0.131. The highest BCUT2D eigenvalue weighted by atomic mass is 16.4. The zero-order valence-corrected chi connectivity index (χ0v) is 19.0. The predicted octanol–water partition coefficient (Wildman–Crippen LogP) is 8.33. The van der Waals surface area contributed by atoms with Crippen LogP contribution in [0, 0.1) is 23.7 Å². The molecule has 0 radical (unpaired) electrons. The SMILES string of the molecule is CCCCCCCC1CCC(C2CCC(CCC/C=C/C=C/C(=O)O)CC2)CC1. The van der Waals surface area contributed by atoms with Crippen molar-refractivity contribution in [3.63, 3.8) is 0 Å². The molecule has 1 N–H and O–H groups in total. The second-order valence-electron chi connectivity index (χ2n) is 9.82. The second-order valence-corrected chi connectivity index (χ2v) is 9.82. The summed E-state index contributed by atoms with van der Waals surface area (Å²) in [5.74, 6) is 3.17. The first-order valence-corrected chi connectivity index (χ1v) is 12.7. The summed E-state index contributed by atoms with van der Waals surface area (Å²) in [7, 11) is 0. The fourth-order valence-electron chi connectivity index (χ4n) is 5.77. The molecule has 0 aliphatic heterocycles. The molecule has 2 nitrogen and oxygen atoms in total. The first-order chi connectivity index (χ1) is 14.2. The van der Waals surface area contributed by atoms with Gasteiger partial charge in [0.05, 0.1) is 0 Å². The molecular formula is C27H46O2. The summed E-state index contributed by atoms with van der Waals surface area (Å²) < 4.78 is 0. The Hall–Kier alpha value is -1.05. The van der Waals surface area contributed by atoms with Gasteiger partial charge in [-0.2, -0.15) is 0 Å². The fraction of sp³-hybridized carbons (Fsp3) is 0.815. The van der Waals surface area contributed by atoms with E-state index >= 15 is 0 Å². The maximum atomic E-state index is 10.4. The molecule has 0 saturated heterocycles. The van der Waals surface area contributed by atoms with Gasteiger partial charge in [0.2, 0.25) is 0 Å². The van der Waals surface area contributed by atoms with Gasteiger partial charge >= 0.3 is 5.97 Å². The Labute approximate surface area is 180 Å². The van der Waals surface area contributed by atoms with Crippen LogP contribution in [0.1, 0.15) is 116 Å². The minimum Gasteiger partial charge on any atom is -0.478 e. The molecule has 0 aromatic rings. The molecule has 2 aliphatic carbocycles. The lowest BCUT2D eigenvalue weighted by atomic mass is 9.68. The highest BCUT2D eigenvalue weighted by Gasteiger charge is 2.30. The van der Waals surface area contributed by atoms with Gasteiger partial charge in [0.1, 0.15) is 0 Å². The van der Waals surface area contributed by atoms with E-state index < -0.39 is 5.97 Å². The van der Waals surface area contributed by atoms with Crippen molar-refractivity contribution in [2.45, 2.75) is 116 Å². The number of unbranched alkanes of at least 4 members (excludes halogenated alkanes) is 5. The fourth-order valence-corrected chi connectivity index (χ4v) is 5.77. The lowest BCUT2D eigenvalue weighted by Crippen LogP contribution is -2.25. The van der Waals surface area contributed by atoms with Crippen LogP contribution in [0.25, 0.3) is 0 Å². The Balaban J connectivity index is 1.51. The van der Waals surface area contributed by atoms with Crippen molar-refractivity contribution >= 4 is 5.97 Å². The number of carboxylic acids is 1. The normalized spacial score (nSPS) is 28.3. The molecule has 0 heterocycles. The zero-order chi connectivity index (χ0) is 20.7. The predicted molar refractivity (Wildman–Crippen MR) is 124 cm³/mol. The third-order valence-electron chi connectivity index (χ3n) is 7.63. The van der Waals surface area contributed by atoms with Crippen LogP contribution in [0.3, 0.4) is 0 Å². The minimum absolute atomic E-state index is 0.873. The van der Waals surface area contributed by atoms with Gasteiger partial charge in [-0.3, -0.25) is 0 Å². The second kappa shape index (κ2) is 14.9. The van der Waals surface area contributed by atoms with Crippen molar-refractivity contribution < 1.29 is 9.90 Å². The monoisotopic (exact) mass is 402 g/mol. The van der Waals surface area contributed by atoms with Crippen molar-refractivity contribution in [1.29, 1.82) is 0 Å². The van der Waals surface area contributed by atoms with E-state index in [1.54, 1.807) is 6.08 Å². The number of rotatable bonds is 13. The van der Waals surface area contributed by atoms with E-state index in [0.717, 1.165) is 30.1 Å². The number of carbonyl (C=O) groups is 1. The van der Waals surface area contributed by atoms with E-state index in [1.807, 2.05) is 6.08 Å². The van der Waals surface area contributed by atoms with E-state index in [0.29, 0.717) is 0 Å². The lowest BCUT2D eigenvalue weighted by Gasteiger charge is -2.38. The van der Waals surface area contributed by atoms with Crippen LogP contribution in [-0.4, -0.2) is 11.1 Å². The molecule has 0 aromatic carbocycles. The van der Waals surface area contributed by atoms with Gasteiger partial charge in [-0.15, -0.1) is 0 Å². The molecule has 0 spiro atoms. The van der Waals surface area contributed by atoms with E-state index in [2.05, 4.69) is 13.0 Å². The summed E-state index contributed by atoms with van der Waals surface area (Å²) in [5, 5.41) is 8.55. The molecule has 2 aliphatic rings. The topological polar surface area (TPSA) is 37.3 Å². The molecule has 166 valence electrons. The summed E-state index contributed by atoms with van der Waals surface area (Å²) in [6.45, 7) is 2.30. The maximum absolute atomic E-state index is 10.4. The summed E-state index contributed by atoms with van der Waals surface area (Å²) in [4.78, 5) is 10.4. The molecule has 2 rings (SSSR count). The Kier molecular flexibility index (Phi) is 12.4.